The van der Waals surface area contributed by atoms with E-state index in [1.165, 1.54) is 6.07 Å². The van der Waals surface area contributed by atoms with E-state index < -0.39 is 5.82 Å². The van der Waals surface area contributed by atoms with Gasteiger partial charge in [0.05, 0.1) is 16.4 Å². The van der Waals surface area contributed by atoms with Gasteiger partial charge in [0.25, 0.3) is 0 Å². The first-order valence-electron chi connectivity index (χ1n) is 5.25. The Morgan fingerprint density at radius 2 is 2.06 bits per heavy atom. The lowest BCUT2D eigenvalue weighted by Crippen LogP contribution is -2.24. The molecule has 0 aromatic heterocycles. The number of hydrogen-bond donors (Lipinski definition) is 2. The fraction of sp³-hybridized carbons (Fsp3) is 0.455. The monoisotopic (exact) mass is 260 g/mol. The van der Waals surface area contributed by atoms with Gasteiger partial charge in [-0.05, 0) is 30.4 Å². The lowest BCUT2D eigenvalue weighted by atomic mass is 10.1. The summed E-state index contributed by atoms with van der Waals surface area (Å²) in [7, 11) is 0. The molecule has 2 nitrogen and oxygen atoms in total. The van der Waals surface area contributed by atoms with Crippen LogP contribution in [0.3, 0.4) is 0 Å². The molecule has 0 bridgehead atoms. The third-order valence-electron chi connectivity index (χ3n) is 2.67. The molecule has 0 atom stereocenters. The summed E-state index contributed by atoms with van der Waals surface area (Å²) in [5.41, 5.74) is 6.90. The van der Waals surface area contributed by atoms with Crippen LogP contribution in [0.1, 0.15) is 12.8 Å². The molecular formula is C11H14ClFN2S. The van der Waals surface area contributed by atoms with Crippen LogP contribution in [0.4, 0.5) is 15.8 Å². The first-order chi connectivity index (χ1) is 7.66. The Hall–Kier alpha value is -0.610. The minimum absolute atomic E-state index is 0.113. The van der Waals surface area contributed by atoms with Gasteiger partial charge < -0.3 is 11.1 Å². The zero-order valence-corrected chi connectivity index (χ0v) is 10.4. The van der Waals surface area contributed by atoms with Crippen LogP contribution in [-0.2, 0) is 0 Å². The Labute approximate surface area is 104 Å². The lowest BCUT2D eigenvalue weighted by molar-refractivity contribution is 0.628. The van der Waals surface area contributed by atoms with Crippen molar-refractivity contribution in [3.05, 3.63) is 23.0 Å². The highest BCUT2D eigenvalue weighted by molar-refractivity contribution is 7.99. The van der Waals surface area contributed by atoms with Crippen LogP contribution in [0, 0.1) is 5.82 Å². The maximum atomic E-state index is 13.1. The van der Waals surface area contributed by atoms with E-state index >= 15 is 0 Å². The summed E-state index contributed by atoms with van der Waals surface area (Å²) in [5.74, 6) is 1.85. The second-order valence-corrected chi connectivity index (χ2v) is 5.52. The maximum absolute atomic E-state index is 13.1. The van der Waals surface area contributed by atoms with E-state index in [9.17, 15) is 4.39 Å². The van der Waals surface area contributed by atoms with Gasteiger partial charge in [0.1, 0.15) is 5.82 Å². The molecule has 0 unspecified atom stereocenters. The van der Waals surface area contributed by atoms with Crippen molar-refractivity contribution < 1.29 is 4.39 Å². The molecule has 1 aromatic carbocycles. The Balaban J connectivity index is 2.11. The van der Waals surface area contributed by atoms with Crippen molar-refractivity contribution in [2.75, 3.05) is 22.6 Å². The summed E-state index contributed by atoms with van der Waals surface area (Å²) in [6.45, 7) is 0. The molecule has 5 heteroatoms. The minimum atomic E-state index is -0.469. The van der Waals surface area contributed by atoms with Gasteiger partial charge in [0.2, 0.25) is 0 Å². The number of anilines is 2. The lowest BCUT2D eigenvalue weighted by Gasteiger charge is -2.24. The van der Waals surface area contributed by atoms with E-state index in [2.05, 4.69) is 5.32 Å². The second kappa shape index (κ2) is 5.15. The number of halogens is 2. The normalized spacial score (nSPS) is 17.4. The van der Waals surface area contributed by atoms with E-state index in [0.717, 1.165) is 30.0 Å². The molecule has 1 heterocycles. The first-order valence-corrected chi connectivity index (χ1v) is 6.79. The third kappa shape index (κ3) is 2.74. The molecule has 1 fully saturated rings. The molecule has 1 aliphatic rings. The van der Waals surface area contributed by atoms with Crippen molar-refractivity contribution >= 4 is 34.7 Å². The maximum Gasteiger partial charge on any atom is 0.143 e. The van der Waals surface area contributed by atoms with E-state index in [0.29, 0.717) is 11.7 Å². The Kier molecular flexibility index (Phi) is 3.82. The SMILES string of the molecule is Nc1cc(F)c(Cl)cc1NC1CCSCC1. The number of hydrogen-bond acceptors (Lipinski definition) is 3. The predicted octanol–water partition coefficient (Wildman–Crippen LogP) is 3.37. The topological polar surface area (TPSA) is 38.0 Å². The van der Waals surface area contributed by atoms with E-state index in [1.54, 1.807) is 6.07 Å². The molecule has 0 radical (unpaired) electrons. The number of benzene rings is 1. The van der Waals surface area contributed by atoms with Crippen molar-refractivity contribution in [1.82, 2.24) is 0 Å². The molecule has 1 saturated heterocycles. The summed E-state index contributed by atoms with van der Waals surface area (Å²) < 4.78 is 13.1. The van der Waals surface area contributed by atoms with Crippen LogP contribution < -0.4 is 11.1 Å². The van der Waals surface area contributed by atoms with Crippen molar-refractivity contribution in [2.45, 2.75) is 18.9 Å². The molecular weight excluding hydrogens is 247 g/mol. The summed E-state index contributed by atoms with van der Waals surface area (Å²) in [5, 5.41) is 3.44. The molecule has 0 amide bonds. The summed E-state index contributed by atoms with van der Waals surface area (Å²) >= 11 is 7.69. The Morgan fingerprint density at radius 3 is 2.75 bits per heavy atom. The van der Waals surface area contributed by atoms with Crippen LogP contribution in [0.15, 0.2) is 12.1 Å². The highest BCUT2D eigenvalue weighted by Crippen LogP contribution is 2.29. The number of thioether (sulfide) groups is 1. The van der Waals surface area contributed by atoms with Crippen molar-refractivity contribution in [3.8, 4) is 0 Å². The van der Waals surface area contributed by atoms with Crippen LogP contribution in [0.2, 0.25) is 5.02 Å². The molecule has 0 aliphatic carbocycles. The minimum Gasteiger partial charge on any atom is -0.397 e. The predicted molar refractivity (Wildman–Crippen MR) is 69.8 cm³/mol. The standard InChI is InChI=1S/C11H14ClFN2S/c12-8-5-11(10(14)6-9(8)13)15-7-1-3-16-4-2-7/h5-7,15H,1-4,14H2. The number of nitrogen functional groups attached to an aromatic ring is 1. The largest absolute Gasteiger partial charge is 0.397 e. The zero-order chi connectivity index (χ0) is 11.5. The fourth-order valence-electron chi connectivity index (χ4n) is 1.75. The zero-order valence-electron chi connectivity index (χ0n) is 8.80. The summed E-state index contributed by atoms with van der Waals surface area (Å²) in [6.07, 6.45) is 2.22. The van der Waals surface area contributed by atoms with Gasteiger partial charge in [-0.25, -0.2) is 4.39 Å². The van der Waals surface area contributed by atoms with Crippen LogP contribution in [-0.4, -0.2) is 17.5 Å². The van der Waals surface area contributed by atoms with Gasteiger partial charge in [-0.1, -0.05) is 11.6 Å². The number of nitrogens with two attached hydrogens (primary N) is 1. The molecule has 1 aliphatic heterocycles. The first kappa shape index (κ1) is 11.9. The van der Waals surface area contributed by atoms with Crippen LogP contribution >= 0.6 is 23.4 Å². The van der Waals surface area contributed by atoms with Crippen molar-refractivity contribution in [2.24, 2.45) is 0 Å². The van der Waals surface area contributed by atoms with Crippen LogP contribution in [0.5, 0.6) is 0 Å². The average molecular weight is 261 g/mol. The fourth-order valence-corrected chi connectivity index (χ4v) is 3.02. The van der Waals surface area contributed by atoms with E-state index in [1.807, 2.05) is 11.8 Å². The Bertz CT molecular complexity index is 380. The molecule has 2 rings (SSSR count). The smallest absolute Gasteiger partial charge is 0.143 e. The van der Waals surface area contributed by atoms with Gasteiger partial charge in [0.15, 0.2) is 0 Å². The second-order valence-electron chi connectivity index (χ2n) is 3.88. The summed E-state index contributed by atoms with van der Waals surface area (Å²) in [4.78, 5) is 0. The molecule has 3 N–H and O–H groups in total. The highest BCUT2D eigenvalue weighted by atomic mass is 35.5. The molecule has 0 spiro atoms. The van der Waals surface area contributed by atoms with Gasteiger partial charge in [-0.15, -0.1) is 0 Å². The number of nitrogens with one attached hydrogen (secondary N) is 1. The van der Waals surface area contributed by atoms with Gasteiger partial charge in [0, 0.05) is 12.1 Å². The number of rotatable bonds is 2. The molecule has 1 aromatic rings. The van der Waals surface area contributed by atoms with Crippen molar-refractivity contribution in [1.29, 1.82) is 0 Å². The highest BCUT2D eigenvalue weighted by Gasteiger charge is 2.15. The van der Waals surface area contributed by atoms with Gasteiger partial charge >= 0.3 is 0 Å². The van der Waals surface area contributed by atoms with Gasteiger partial charge in [-0.2, -0.15) is 11.8 Å². The molecule has 16 heavy (non-hydrogen) atoms. The van der Waals surface area contributed by atoms with E-state index in [-0.39, 0.29) is 5.02 Å². The van der Waals surface area contributed by atoms with Crippen LogP contribution in [0.25, 0.3) is 0 Å². The molecule has 88 valence electrons. The quantitative estimate of drug-likeness (QED) is 0.801. The molecule has 0 saturated carbocycles. The Morgan fingerprint density at radius 1 is 1.38 bits per heavy atom. The summed E-state index contributed by atoms with van der Waals surface area (Å²) in [6, 6.07) is 3.25. The van der Waals surface area contributed by atoms with Crippen molar-refractivity contribution in [3.63, 3.8) is 0 Å². The van der Waals surface area contributed by atoms with E-state index in [4.69, 9.17) is 17.3 Å². The van der Waals surface area contributed by atoms with Gasteiger partial charge in [-0.3, -0.25) is 0 Å². The third-order valence-corrected chi connectivity index (χ3v) is 4.01. The average Bonchev–Trinajstić information content (AvgIpc) is 2.27.